The van der Waals surface area contributed by atoms with Crippen LogP contribution < -0.4 is 5.32 Å². The molecule has 0 unspecified atom stereocenters. The zero-order chi connectivity index (χ0) is 16.0. The Labute approximate surface area is 127 Å². The molecule has 1 aromatic carbocycles. The van der Waals surface area contributed by atoms with Crippen LogP contribution in [0.25, 0.3) is 0 Å². The first-order valence-electron chi connectivity index (χ1n) is 6.96. The molecule has 1 amide bonds. The SMILES string of the molecule is Cc1cccc(CNC(=O)CN(CC(C)C)S(C)(=O)=O)c1. The van der Waals surface area contributed by atoms with Crippen LogP contribution in [-0.4, -0.2) is 38.0 Å². The molecule has 0 saturated carbocycles. The summed E-state index contributed by atoms with van der Waals surface area (Å²) in [5.74, 6) is -0.119. The van der Waals surface area contributed by atoms with Crippen LogP contribution in [-0.2, 0) is 21.4 Å². The maximum absolute atomic E-state index is 11.9. The summed E-state index contributed by atoms with van der Waals surface area (Å²) >= 11 is 0. The van der Waals surface area contributed by atoms with Crippen molar-refractivity contribution < 1.29 is 13.2 Å². The highest BCUT2D eigenvalue weighted by molar-refractivity contribution is 7.88. The second-order valence-corrected chi connectivity index (χ2v) is 7.70. The number of nitrogens with zero attached hydrogens (tertiary/aromatic N) is 1. The average Bonchev–Trinajstić information content (AvgIpc) is 2.34. The number of benzene rings is 1. The van der Waals surface area contributed by atoms with Gasteiger partial charge in [0.25, 0.3) is 0 Å². The Morgan fingerprint density at radius 3 is 2.52 bits per heavy atom. The summed E-state index contributed by atoms with van der Waals surface area (Å²) in [5.41, 5.74) is 2.12. The second kappa shape index (κ2) is 7.56. The van der Waals surface area contributed by atoms with E-state index in [2.05, 4.69) is 5.32 Å². The summed E-state index contributed by atoms with van der Waals surface area (Å²) in [5, 5.41) is 2.76. The van der Waals surface area contributed by atoms with Crippen LogP contribution in [0.1, 0.15) is 25.0 Å². The maximum atomic E-state index is 11.9. The first-order valence-corrected chi connectivity index (χ1v) is 8.80. The highest BCUT2D eigenvalue weighted by Gasteiger charge is 2.20. The average molecular weight is 312 g/mol. The smallest absolute Gasteiger partial charge is 0.235 e. The zero-order valence-corrected chi connectivity index (χ0v) is 13.9. The van der Waals surface area contributed by atoms with E-state index in [1.807, 2.05) is 45.0 Å². The highest BCUT2D eigenvalue weighted by atomic mass is 32.2. The maximum Gasteiger partial charge on any atom is 0.235 e. The lowest BCUT2D eigenvalue weighted by Gasteiger charge is -2.21. The number of carbonyl (C=O) groups is 1. The summed E-state index contributed by atoms with van der Waals surface area (Å²) in [6.45, 7) is 6.43. The minimum Gasteiger partial charge on any atom is -0.351 e. The minimum absolute atomic E-state index is 0.136. The molecule has 0 fully saturated rings. The first-order chi connectivity index (χ1) is 9.68. The molecule has 0 aromatic heterocycles. The Balaban J connectivity index is 2.58. The zero-order valence-electron chi connectivity index (χ0n) is 13.1. The van der Waals surface area contributed by atoms with Gasteiger partial charge in [-0.2, -0.15) is 4.31 Å². The van der Waals surface area contributed by atoms with Gasteiger partial charge in [0, 0.05) is 13.1 Å². The van der Waals surface area contributed by atoms with Crippen molar-refractivity contribution in [3.8, 4) is 0 Å². The van der Waals surface area contributed by atoms with Gasteiger partial charge in [0.2, 0.25) is 15.9 Å². The van der Waals surface area contributed by atoms with Crippen LogP contribution in [0.4, 0.5) is 0 Å². The van der Waals surface area contributed by atoms with Gasteiger partial charge >= 0.3 is 0 Å². The van der Waals surface area contributed by atoms with E-state index in [9.17, 15) is 13.2 Å². The molecular weight excluding hydrogens is 288 g/mol. The largest absolute Gasteiger partial charge is 0.351 e. The molecule has 1 N–H and O–H groups in total. The van der Waals surface area contributed by atoms with Crippen LogP contribution in [0.15, 0.2) is 24.3 Å². The predicted octanol–water partition coefficient (Wildman–Crippen LogP) is 1.53. The molecule has 0 spiro atoms. The topological polar surface area (TPSA) is 66.5 Å². The van der Waals surface area contributed by atoms with Gasteiger partial charge in [-0.05, 0) is 18.4 Å². The Morgan fingerprint density at radius 2 is 2.00 bits per heavy atom. The molecule has 0 aliphatic carbocycles. The van der Waals surface area contributed by atoms with Gasteiger partial charge in [-0.3, -0.25) is 4.79 Å². The van der Waals surface area contributed by atoms with E-state index in [4.69, 9.17) is 0 Å². The molecule has 0 radical (unpaired) electrons. The number of hydrogen-bond donors (Lipinski definition) is 1. The Kier molecular flexibility index (Phi) is 6.36. The van der Waals surface area contributed by atoms with Crippen LogP contribution in [0.3, 0.4) is 0 Å². The van der Waals surface area contributed by atoms with Crippen molar-refractivity contribution in [1.29, 1.82) is 0 Å². The molecule has 118 valence electrons. The van der Waals surface area contributed by atoms with Crippen molar-refractivity contribution in [2.24, 2.45) is 5.92 Å². The molecule has 1 aromatic rings. The highest BCUT2D eigenvalue weighted by Crippen LogP contribution is 2.05. The van der Waals surface area contributed by atoms with Crippen molar-refractivity contribution >= 4 is 15.9 Å². The van der Waals surface area contributed by atoms with E-state index < -0.39 is 10.0 Å². The summed E-state index contributed by atoms with van der Waals surface area (Å²) in [6, 6.07) is 7.83. The van der Waals surface area contributed by atoms with Gasteiger partial charge in [0.05, 0.1) is 12.8 Å². The van der Waals surface area contributed by atoms with Crippen LogP contribution in [0, 0.1) is 12.8 Å². The summed E-state index contributed by atoms with van der Waals surface area (Å²) in [7, 11) is -3.37. The lowest BCUT2D eigenvalue weighted by atomic mass is 10.1. The second-order valence-electron chi connectivity index (χ2n) is 5.72. The van der Waals surface area contributed by atoms with Gasteiger partial charge in [-0.25, -0.2) is 8.42 Å². The van der Waals surface area contributed by atoms with Gasteiger partial charge in [0.1, 0.15) is 0 Å². The first kappa shape index (κ1) is 17.7. The third kappa shape index (κ3) is 6.73. The van der Waals surface area contributed by atoms with Gasteiger partial charge in [-0.15, -0.1) is 0 Å². The van der Waals surface area contributed by atoms with Crippen LogP contribution in [0.5, 0.6) is 0 Å². The molecular formula is C15H24N2O3S. The van der Waals surface area contributed by atoms with E-state index in [0.717, 1.165) is 17.4 Å². The van der Waals surface area contributed by atoms with E-state index in [-0.39, 0.29) is 18.4 Å². The molecule has 0 atom stereocenters. The van der Waals surface area contributed by atoms with Crippen molar-refractivity contribution in [3.05, 3.63) is 35.4 Å². The monoisotopic (exact) mass is 312 g/mol. The Morgan fingerprint density at radius 1 is 1.33 bits per heavy atom. The van der Waals surface area contributed by atoms with Crippen molar-refractivity contribution in [2.45, 2.75) is 27.3 Å². The van der Waals surface area contributed by atoms with E-state index in [1.165, 1.54) is 4.31 Å². The number of amides is 1. The fourth-order valence-electron chi connectivity index (χ4n) is 1.96. The van der Waals surface area contributed by atoms with E-state index in [0.29, 0.717) is 13.1 Å². The molecule has 6 heteroatoms. The molecule has 0 saturated heterocycles. The molecule has 0 heterocycles. The number of carbonyl (C=O) groups excluding carboxylic acids is 1. The molecule has 21 heavy (non-hydrogen) atoms. The molecule has 0 bridgehead atoms. The number of rotatable bonds is 7. The number of sulfonamides is 1. The fourth-order valence-corrected chi connectivity index (χ4v) is 2.88. The van der Waals surface area contributed by atoms with Crippen molar-refractivity contribution in [1.82, 2.24) is 9.62 Å². The van der Waals surface area contributed by atoms with Gasteiger partial charge in [0.15, 0.2) is 0 Å². The Hall–Kier alpha value is -1.40. The number of aryl methyl sites for hydroxylation is 1. The fraction of sp³-hybridized carbons (Fsp3) is 0.533. The number of nitrogens with one attached hydrogen (secondary N) is 1. The lowest BCUT2D eigenvalue weighted by molar-refractivity contribution is -0.121. The number of hydrogen-bond acceptors (Lipinski definition) is 3. The van der Waals surface area contributed by atoms with Crippen LogP contribution in [0.2, 0.25) is 0 Å². The predicted molar refractivity (Wildman–Crippen MR) is 84.3 cm³/mol. The summed E-state index contributed by atoms with van der Waals surface area (Å²) < 4.78 is 24.5. The van der Waals surface area contributed by atoms with E-state index >= 15 is 0 Å². The molecule has 0 aliphatic heterocycles. The third-order valence-corrected chi connectivity index (χ3v) is 4.15. The van der Waals surface area contributed by atoms with Gasteiger partial charge in [-0.1, -0.05) is 43.7 Å². The Bertz CT molecular complexity index is 582. The van der Waals surface area contributed by atoms with E-state index in [1.54, 1.807) is 0 Å². The van der Waals surface area contributed by atoms with Crippen molar-refractivity contribution in [2.75, 3.05) is 19.3 Å². The third-order valence-electron chi connectivity index (χ3n) is 2.93. The summed E-state index contributed by atoms with van der Waals surface area (Å²) in [6.07, 6.45) is 1.13. The van der Waals surface area contributed by atoms with Gasteiger partial charge < -0.3 is 5.32 Å². The standard InChI is InChI=1S/C15H24N2O3S/c1-12(2)10-17(21(4,19)20)11-15(18)16-9-14-7-5-6-13(3)8-14/h5-8,12H,9-11H2,1-4H3,(H,16,18). The minimum atomic E-state index is -3.37. The summed E-state index contributed by atoms with van der Waals surface area (Å²) in [4.78, 5) is 11.9. The molecule has 0 aliphatic rings. The quantitative estimate of drug-likeness (QED) is 0.830. The molecule has 1 rings (SSSR count). The lowest BCUT2D eigenvalue weighted by Crippen LogP contribution is -2.41. The van der Waals surface area contributed by atoms with Crippen molar-refractivity contribution in [3.63, 3.8) is 0 Å². The normalized spacial score (nSPS) is 11.9. The van der Waals surface area contributed by atoms with Crippen LogP contribution >= 0.6 is 0 Å². The molecule has 5 nitrogen and oxygen atoms in total.